The van der Waals surface area contributed by atoms with Gasteiger partial charge in [0.05, 0.1) is 11.9 Å². The van der Waals surface area contributed by atoms with Gasteiger partial charge in [-0.3, -0.25) is 9.78 Å². The van der Waals surface area contributed by atoms with Gasteiger partial charge in [0, 0.05) is 24.8 Å². The van der Waals surface area contributed by atoms with Crippen molar-refractivity contribution in [1.29, 1.82) is 0 Å². The van der Waals surface area contributed by atoms with E-state index >= 15 is 0 Å². The topological polar surface area (TPSA) is 66.9 Å². The Labute approximate surface area is 116 Å². The highest BCUT2D eigenvalue weighted by Crippen LogP contribution is 2.02. The van der Waals surface area contributed by atoms with E-state index in [4.69, 9.17) is 0 Å². The number of carbonyl (C=O) groups excluding carboxylic acids is 1. The van der Waals surface area contributed by atoms with Crippen LogP contribution in [0, 0.1) is 12.7 Å². The summed E-state index contributed by atoms with van der Waals surface area (Å²) in [5.41, 5.74) is 1.26. The average Bonchev–Trinajstić information content (AvgIpc) is 2.44. The van der Waals surface area contributed by atoms with Crippen LogP contribution < -0.4 is 10.6 Å². The fourth-order valence-electron chi connectivity index (χ4n) is 1.62. The van der Waals surface area contributed by atoms with Gasteiger partial charge in [0.25, 0.3) is 5.91 Å². The zero-order chi connectivity index (χ0) is 14.4. The molecule has 2 aromatic rings. The summed E-state index contributed by atoms with van der Waals surface area (Å²) in [5, 5.41) is 5.78. The fourth-order valence-corrected chi connectivity index (χ4v) is 1.62. The van der Waals surface area contributed by atoms with Crippen LogP contribution in [0.25, 0.3) is 0 Å². The number of hydrogen-bond donors (Lipinski definition) is 2. The van der Waals surface area contributed by atoms with E-state index in [-0.39, 0.29) is 11.7 Å². The molecule has 5 nitrogen and oxygen atoms in total. The van der Waals surface area contributed by atoms with Crippen LogP contribution in [0.3, 0.4) is 0 Å². The van der Waals surface area contributed by atoms with Gasteiger partial charge in [-0.1, -0.05) is 0 Å². The molecule has 0 aliphatic rings. The lowest BCUT2D eigenvalue weighted by atomic mass is 10.2. The molecule has 1 aromatic heterocycles. The number of halogens is 1. The first-order valence-electron chi connectivity index (χ1n) is 6.21. The van der Waals surface area contributed by atoms with Crippen LogP contribution in [0.1, 0.15) is 16.1 Å². The number of rotatable bonds is 5. The minimum atomic E-state index is -0.360. The Morgan fingerprint density at radius 2 is 1.95 bits per heavy atom. The Morgan fingerprint density at radius 1 is 1.20 bits per heavy atom. The second-order valence-corrected chi connectivity index (χ2v) is 4.24. The van der Waals surface area contributed by atoms with Gasteiger partial charge in [-0.05, 0) is 31.2 Å². The number of aryl methyl sites for hydroxylation is 1. The largest absolute Gasteiger partial charge is 0.367 e. The van der Waals surface area contributed by atoms with E-state index in [9.17, 15) is 9.18 Å². The van der Waals surface area contributed by atoms with Crippen molar-refractivity contribution in [2.24, 2.45) is 0 Å². The van der Waals surface area contributed by atoms with Crippen molar-refractivity contribution in [1.82, 2.24) is 15.3 Å². The molecule has 0 unspecified atom stereocenters. The molecule has 0 aliphatic carbocycles. The van der Waals surface area contributed by atoms with E-state index < -0.39 is 0 Å². The normalized spacial score (nSPS) is 10.1. The number of carbonyl (C=O) groups is 1. The Hall–Kier alpha value is -2.50. The third-order valence-electron chi connectivity index (χ3n) is 2.58. The molecule has 0 saturated carbocycles. The van der Waals surface area contributed by atoms with Crippen LogP contribution in [0.15, 0.2) is 36.7 Å². The molecule has 2 N–H and O–H groups in total. The molecule has 0 spiro atoms. The molecular weight excluding hydrogens is 259 g/mol. The van der Waals surface area contributed by atoms with E-state index in [1.54, 1.807) is 12.4 Å². The van der Waals surface area contributed by atoms with Gasteiger partial charge in [-0.2, -0.15) is 0 Å². The molecule has 0 saturated heterocycles. The lowest BCUT2D eigenvalue weighted by Crippen LogP contribution is -2.28. The van der Waals surface area contributed by atoms with Gasteiger partial charge < -0.3 is 10.6 Å². The molecule has 0 atom stereocenters. The molecule has 0 aliphatic heterocycles. The van der Waals surface area contributed by atoms with Crippen molar-refractivity contribution in [3.63, 3.8) is 0 Å². The molecular formula is C14H15FN4O. The van der Waals surface area contributed by atoms with E-state index in [0.717, 1.165) is 5.69 Å². The van der Waals surface area contributed by atoms with Crippen LogP contribution in [0.4, 0.5) is 10.2 Å². The summed E-state index contributed by atoms with van der Waals surface area (Å²) in [7, 11) is 0. The summed E-state index contributed by atoms with van der Waals surface area (Å²) >= 11 is 0. The van der Waals surface area contributed by atoms with E-state index in [1.165, 1.54) is 24.3 Å². The maximum atomic E-state index is 12.7. The first-order chi connectivity index (χ1) is 9.65. The van der Waals surface area contributed by atoms with Gasteiger partial charge in [-0.15, -0.1) is 0 Å². The van der Waals surface area contributed by atoms with Gasteiger partial charge in [0.2, 0.25) is 0 Å². The van der Waals surface area contributed by atoms with Gasteiger partial charge in [0.15, 0.2) is 0 Å². The third-order valence-corrected chi connectivity index (χ3v) is 2.58. The number of hydrogen-bond acceptors (Lipinski definition) is 4. The summed E-state index contributed by atoms with van der Waals surface area (Å²) in [6.07, 6.45) is 3.29. The quantitative estimate of drug-likeness (QED) is 0.815. The zero-order valence-corrected chi connectivity index (χ0v) is 11.1. The maximum Gasteiger partial charge on any atom is 0.251 e. The van der Waals surface area contributed by atoms with Gasteiger partial charge >= 0.3 is 0 Å². The maximum absolute atomic E-state index is 12.7. The van der Waals surface area contributed by atoms with Crippen LogP contribution >= 0.6 is 0 Å². The van der Waals surface area contributed by atoms with Gasteiger partial charge in [-0.25, -0.2) is 9.37 Å². The van der Waals surface area contributed by atoms with Crippen LogP contribution in [-0.4, -0.2) is 29.0 Å². The summed E-state index contributed by atoms with van der Waals surface area (Å²) in [6, 6.07) is 5.42. The second-order valence-electron chi connectivity index (χ2n) is 4.24. The second kappa shape index (κ2) is 6.60. The summed E-state index contributed by atoms with van der Waals surface area (Å²) < 4.78 is 12.7. The lowest BCUT2D eigenvalue weighted by molar-refractivity contribution is 0.0955. The minimum absolute atomic E-state index is 0.234. The van der Waals surface area contributed by atoms with Crippen LogP contribution in [-0.2, 0) is 0 Å². The smallest absolute Gasteiger partial charge is 0.251 e. The van der Waals surface area contributed by atoms with Crippen molar-refractivity contribution >= 4 is 11.7 Å². The average molecular weight is 274 g/mol. The Balaban J connectivity index is 1.76. The summed E-state index contributed by atoms with van der Waals surface area (Å²) in [4.78, 5) is 20.0. The third kappa shape index (κ3) is 4.01. The molecule has 104 valence electrons. The molecule has 1 heterocycles. The van der Waals surface area contributed by atoms with Crippen molar-refractivity contribution in [2.45, 2.75) is 6.92 Å². The minimum Gasteiger partial charge on any atom is -0.367 e. The zero-order valence-electron chi connectivity index (χ0n) is 11.1. The molecule has 2 rings (SSSR count). The Kier molecular flexibility index (Phi) is 4.60. The highest BCUT2D eigenvalue weighted by Gasteiger charge is 2.04. The Morgan fingerprint density at radius 3 is 2.65 bits per heavy atom. The van der Waals surface area contributed by atoms with Gasteiger partial charge in [0.1, 0.15) is 11.6 Å². The monoisotopic (exact) mass is 274 g/mol. The highest BCUT2D eigenvalue weighted by atomic mass is 19.1. The first kappa shape index (κ1) is 13.9. The number of anilines is 1. The molecule has 0 bridgehead atoms. The molecule has 1 amide bonds. The van der Waals surface area contributed by atoms with Crippen molar-refractivity contribution in [3.8, 4) is 0 Å². The summed E-state index contributed by atoms with van der Waals surface area (Å²) in [5.74, 6) is 0.0735. The number of nitrogens with one attached hydrogen (secondary N) is 2. The van der Waals surface area contributed by atoms with Crippen LogP contribution in [0.2, 0.25) is 0 Å². The first-order valence-corrected chi connectivity index (χ1v) is 6.21. The molecule has 6 heteroatoms. The van der Waals surface area contributed by atoms with Crippen molar-refractivity contribution in [3.05, 3.63) is 53.7 Å². The number of aromatic nitrogens is 2. The number of nitrogens with zero attached hydrogens (tertiary/aromatic N) is 2. The van der Waals surface area contributed by atoms with E-state index in [0.29, 0.717) is 24.5 Å². The van der Waals surface area contributed by atoms with Crippen molar-refractivity contribution in [2.75, 3.05) is 18.4 Å². The standard InChI is InChI=1S/C14H15FN4O/c1-10-8-16-9-13(19-10)17-6-7-18-14(20)11-2-4-12(15)5-3-11/h2-5,8-9H,6-7H2,1H3,(H,17,19)(H,18,20). The van der Waals surface area contributed by atoms with Crippen LogP contribution in [0.5, 0.6) is 0 Å². The predicted molar refractivity (Wildman–Crippen MR) is 74.0 cm³/mol. The number of benzene rings is 1. The molecule has 1 aromatic carbocycles. The molecule has 20 heavy (non-hydrogen) atoms. The SMILES string of the molecule is Cc1cncc(NCCNC(=O)c2ccc(F)cc2)n1. The van der Waals surface area contributed by atoms with E-state index in [1.807, 2.05) is 6.92 Å². The summed E-state index contributed by atoms with van der Waals surface area (Å²) in [6.45, 7) is 2.82. The highest BCUT2D eigenvalue weighted by molar-refractivity contribution is 5.94. The van der Waals surface area contributed by atoms with E-state index in [2.05, 4.69) is 20.6 Å². The number of amides is 1. The molecule has 0 radical (unpaired) electrons. The fraction of sp³-hybridized carbons (Fsp3) is 0.214. The predicted octanol–water partition coefficient (Wildman–Crippen LogP) is 1.77. The van der Waals surface area contributed by atoms with Crippen molar-refractivity contribution < 1.29 is 9.18 Å². The lowest BCUT2D eigenvalue weighted by Gasteiger charge is -2.07. The molecule has 0 fully saturated rings. The Bertz CT molecular complexity index is 586.